The first-order valence-corrected chi connectivity index (χ1v) is 10.00. The van der Waals surface area contributed by atoms with Crippen LogP contribution in [-0.2, 0) is 4.84 Å². The Morgan fingerprint density at radius 3 is 2.29 bits per heavy atom. The minimum absolute atomic E-state index is 0.0315. The van der Waals surface area contributed by atoms with E-state index in [4.69, 9.17) is 9.57 Å². The molecule has 7 heteroatoms. The van der Waals surface area contributed by atoms with Gasteiger partial charge in [-0.25, -0.2) is 4.84 Å². The van der Waals surface area contributed by atoms with Crippen LogP contribution in [0.15, 0.2) is 24.8 Å². The van der Waals surface area contributed by atoms with E-state index in [1.54, 1.807) is 7.11 Å². The summed E-state index contributed by atoms with van der Waals surface area (Å²) >= 11 is 0. The number of aryl methyl sites for hydroxylation is 2. The molecule has 2 N–H and O–H groups in total. The Labute approximate surface area is 167 Å². The minimum atomic E-state index is -0.448. The lowest BCUT2D eigenvalue weighted by molar-refractivity contribution is -0.507. The highest BCUT2D eigenvalue weighted by molar-refractivity contribution is 5.63. The summed E-state index contributed by atoms with van der Waals surface area (Å²) in [5.74, 6) is 0.808. The molecule has 7 nitrogen and oxygen atoms in total. The minimum Gasteiger partial charge on any atom is -0.497 e. The van der Waals surface area contributed by atoms with E-state index in [0.717, 1.165) is 48.5 Å². The molecule has 2 unspecified atom stereocenters. The van der Waals surface area contributed by atoms with Crippen molar-refractivity contribution in [3.8, 4) is 5.75 Å². The van der Waals surface area contributed by atoms with E-state index >= 15 is 0 Å². The molecule has 1 aromatic carbocycles. The van der Waals surface area contributed by atoms with E-state index in [1.807, 2.05) is 18.2 Å². The number of anilines is 1. The third-order valence-electron chi connectivity index (χ3n) is 6.74. The molecular formula is C21H33N3O4. The van der Waals surface area contributed by atoms with Gasteiger partial charge >= 0.3 is 0 Å². The zero-order chi connectivity index (χ0) is 20.6. The van der Waals surface area contributed by atoms with Crippen LogP contribution >= 0.6 is 0 Å². The van der Waals surface area contributed by atoms with Crippen molar-refractivity contribution in [2.45, 2.75) is 58.3 Å². The summed E-state index contributed by atoms with van der Waals surface area (Å²) < 4.78 is 5.42. The Hall–Kier alpha value is -1.64. The van der Waals surface area contributed by atoms with Crippen molar-refractivity contribution in [1.82, 2.24) is 10.3 Å². The van der Waals surface area contributed by atoms with Gasteiger partial charge in [-0.05, 0) is 49.9 Å². The molecule has 2 aliphatic heterocycles. The van der Waals surface area contributed by atoms with Crippen LogP contribution in [0.2, 0.25) is 0 Å². The zero-order valence-electron chi connectivity index (χ0n) is 17.6. The highest BCUT2D eigenvalue weighted by Crippen LogP contribution is 2.50. The fourth-order valence-electron chi connectivity index (χ4n) is 5.61. The third kappa shape index (κ3) is 3.11. The maximum atomic E-state index is 9.47. The summed E-state index contributed by atoms with van der Waals surface area (Å²) in [6.07, 6.45) is 3.21. The first-order valence-electron chi connectivity index (χ1n) is 10.00. The van der Waals surface area contributed by atoms with Gasteiger partial charge in [-0.1, -0.05) is 19.9 Å². The first-order chi connectivity index (χ1) is 13.3. The van der Waals surface area contributed by atoms with E-state index in [9.17, 15) is 10.4 Å². The van der Waals surface area contributed by atoms with Crippen LogP contribution in [-0.4, -0.2) is 58.7 Å². The number of hydrogen-bond acceptors (Lipinski definition) is 7. The van der Waals surface area contributed by atoms with Gasteiger partial charge in [-0.3, -0.25) is 15.3 Å². The molecule has 28 heavy (non-hydrogen) atoms. The van der Waals surface area contributed by atoms with Crippen LogP contribution in [0.25, 0.3) is 0 Å². The van der Waals surface area contributed by atoms with E-state index in [1.165, 1.54) is 0 Å². The van der Waals surface area contributed by atoms with Crippen molar-refractivity contribution < 1.29 is 20.0 Å². The quantitative estimate of drug-likeness (QED) is 0.544. The first kappa shape index (κ1) is 21.1. The second-order valence-corrected chi connectivity index (χ2v) is 7.81. The van der Waals surface area contributed by atoms with Gasteiger partial charge in [0.2, 0.25) is 0 Å². The summed E-state index contributed by atoms with van der Waals surface area (Å²) in [7, 11) is 1.68. The number of ether oxygens (including phenoxy) is 1. The van der Waals surface area contributed by atoms with Crippen LogP contribution in [0.3, 0.4) is 0 Å². The molecule has 0 bridgehead atoms. The smallest absolute Gasteiger partial charge is 0.126 e. The third-order valence-corrected chi connectivity index (χ3v) is 6.74. The maximum absolute atomic E-state index is 9.47. The molecule has 2 aliphatic rings. The van der Waals surface area contributed by atoms with Crippen molar-refractivity contribution in [3.05, 3.63) is 35.9 Å². The van der Waals surface area contributed by atoms with E-state index in [-0.39, 0.29) is 23.0 Å². The van der Waals surface area contributed by atoms with Gasteiger partial charge in [-0.15, -0.1) is 6.58 Å². The molecule has 0 spiro atoms. The molecule has 0 aliphatic carbocycles. The molecule has 0 saturated carbocycles. The summed E-state index contributed by atoms with van der Waals surface area (Å²) in [6, 6.07) is 4.08. The zero-order valence-corrected chi connectivity index (χ0v) is 17.6. The van der Waals surface area contributed by atoms with Gasteiger partial charge < -0.3 is 9.64 Å². The molecule has 0 amide bonds. The largest absolute Gasteiger partial charge is 0.497 e. The van der Waals surface area contributed by atoms with Crippen LogP contribution in [0.5, 0.6) is 5.75 Å². The predicted molar refractivity (Wildman–Crippen MR) is 108 cm³/mol. The highest BCUT2D eigenvalue weighted by atomic mass is 17.1. The predicted octanol–water partition coefficient (Wildman–Crippen LogP) is 3.52. The summed E-state index contributed by atoms with van der Waals surface area (Å²) in [6.45, 7) is 14.3. The number of methoxy groups -OCH3 is 1. The number of nitrogens with zero attached hydrogens (tertiary/aromatic N) is 3. The summed E-state index contributed by atoms with van der Waals surface area (Å²) in [4.78, 5) is 10.3. The average Bonchev–Trinajstić information content (AvgIpc) is 3.18. The molecule has 2 saturated heterocycles. The van der Waals surface area contributed by atoms with E-state index < -0.39 is 6.10 Å². The van der Waals surface area contributed by atoms with Crippen molar-refractivity contribution >= 4 is 5.69 Å². The van der Waals surface area contributed by atoms with Crippen molar-refractivity contribution in [2.24, 2.45) is 5.92 Å². The fraction of sp³-hybridized carbons (Fsp3) is 0.619. The van der Waals surface area contributed by atoms with Gasteiger partial charge in [0.25, 0.3) is 0 Å². The molecule has 2 fully saturated rings. The monoisotopic (exact) mass is 391 g/mol. The van der Waals surface area contributed by atoms with Crippen LogP contribution in [0.4, 0.5) is 5.69 Å². The van der Waals surface area contributed by atoms with Crippen LogP contribution < -0.4 is 9.64 Å². The molecule has 0 radical (unpaired) electrons. The molecule has 0 aromatic heterocycles. The standard InChI is InChI=1S/C21H33N3O4/c1-7-17-19(28-24(25)26)20-22(10-11-23(20)21(17,8-2)9-3)18-14(4)12-16(27-6)13-15(18)5/h7,12-13,17,19-20,25-26H,1,8-11H2,2-6H3/t17?,19-,20?/m1/s1. The fourth-order valence-corrected chi connectivity index (χ4v) is 5.61. The Bertz CT molecular complexity index is 697. The molecule has 3 rings (SSSR count). The second-order valence-electron chi connectivity index (χ2n) is 7.81. The van der Waals surface area contributed by atoms with Crippen LogP contribution in [0.1, 0.15) is 37.8 Å². The average molecular weight is 392 g/mol. The van der Waals surface area contributed by atoms with E-state index in [2.05, 4.69) is 44.1 Å². The van der Waals surface area contributed by atoms with Gasteiger partial charge in [0.05, 0.1) is 12.5 Å². The van der Waals surface area contributed by atoms with Crippen molar-refractivity contribution in [1.29, 1.82) is 0 Å². The molecule has 3 atom stereocenters. The van der Waals surface area contributed by atoms with Gasteiger partial charge in [0, 0.05) is 30.2 Å². The van der Waals surface area contributed by atoms with E-state index in [0.29, 0.717) is 0 Å². The van der Waals surface area contributed by atoms with Crippen molar-refractivity contribution in [3.63, 3.8) is 0 Å². The lowest BCUT2D eigenvalue weighted by atomic mass is 9.79. The highest BCUT2D eigenvalue weighted by Gasteiger charge is 2.61. The topological polar surface area (TPSA) is 68.6 Å². The van der Waals surface area contributed by atoms with Gasteiger partial charge in [-0.2, -0.15) is 0 Å². The van der Waals surface area contributed by atoms with Gasteiger partial charge in [0.15, 0.2) is 0 Å². The summed E-state index contributed by atoms with van der Waals surface area (Å²) in [5, 5.41) is 18.8. The Morgan fingerprint density at radius 2 is 1.82 bits per heavy atom. The Balaban J connectivity index is 2.09. The number of benzene rings is 1. The normalized spacial score (nSPS) is 26.7. The number of fused-ring (bicyclic) bond motifs is 1. The molecule has 156 valence electrons. The molecular weight excluding hydrogens is 358 g/mol. The van der Waals surface area contributed by atoms with Gasteiger partial charge in [0.1, 0.15) is 18.0 Å². The lowest BCUT2D eigenvalue weighted by Gasteiger charge is -2.39. The van der Waals surface area contributed by atoms with Crippen LogP contribution in [0, 0.1) is 19.8 Å². The second kappa shape index (κ2) is 8.00. The number of rotatable bonds is 7. The number of hydrogen-bond donors (Lipinski definition) is 2. The SMILES string of the molecule is C=CC1[C@@H](ON(O)O)C2N(c3c(C)cc(OC)cc3C)CCN2C1(CC)CC. The molecule has 2 heterocycles. The lowest BCUT2D eigenvalue weighted by Crippen LogP contribution is -2.48. The Kier molecular flexibility index (Phi) is 6.03. The van der Waals surface area contributed by atoms with Crippen molar-refractivity contribution in [2.75, 3.05) is 25.1 Å². The summed E-state index contributed by atoms with van der Waals surface area (Å²) in [5.41, 5.74) is 3.27. The maximum Gasteiger partial charge on any atom is 0.126 e. The molecule has 1 aromatic rings. The Morgan fingerprint density at radius 1 is 1.21 bits per heavy atom.